The second-order valence-electron chi connectivity index (χ2n) is 4.38. The van der Waals surface area contributed by atoms with Crippen LogP contribution in [0.15, 0.2) is 59.5 Å². The first-order chi connectivity index (χ1) is 10.8. The van der Waals surface area contributed by atoms with Crippen LogP contribution in [0.25, 0.3) is 0 Å². The monoisotopic (exact) mass is 334 g/mol. The number of nitrogens with one attached hydrogen (secondary N) is 1. The lowest BCUT2D eigenvalue weighted by atomic mass is 10.1. The summed E-state index contributed by atoms with van der Waals surface area (Å²) in [5, 5.41) is 10.7. The van der Waals surface area contributed by atoms with Crippen LogP contribution in [-0.4, -0.2) is 25.0 Å². The Morgan fingerprint density at radius 1 is 1.00 bits per heavy atom. The summed E-state index contributed by atoms with van der Waals surface area (Å²) < 4.78 is 25.7. The molecular formula is C14H10N2O6S. The number of Topliss-reactive ketones (excluding diaryl/α,β-unsaturated/α-hetero) is 1. The van der Waals surface area contributed by atoms with E-state index in [1.54, 1.807) is 10.8 Å². The van der Waals surface area contributed by atoms with Gasteiger partial charge in [-0.3, -0.25) is 19.7 Å². The van der Waals surface area contributed by atoms with E-state index in [1.807, 2.05) is 0 Å². The Morgan fingerprint density at radius 3 is 2.26 bits per heavy atom. The minimum atomic E-state index is -4.39. The van der Waals surface area contributed by atoms with Crippen LogP contribution in [0.2, 0.25) is 0 Å². The van der Waals surface area contributed by atoms with Crippen molar-refractivity contribution in [3.8, 4) is 0 Å². The van der Waals surface area contributed by atoms with Crippen molar-refractivity contribution >= 4 is 27.4 Å². The first kappa shape index (κ1) is 16.3. The maximum Gasteiger partial charge on any atom is 0.306 e. The molecule has 0 heterocycles. The molecule has 118 valence electrons. The third-order valence-corrected chi connectivity index (χ3v) is 4.14. The zero-order valence-corrected chi connectivity index (χ0v) is 12.3. The van der Waals surface area contributed by atoms with Crippen LogP contribution in [0, 0.1) is 10.1 Å². The highest BCUT2D eigenvalue weighted by atomic mass is 32.2. The molecule has 0 saturated heterocycles. The predicted octanol–water partition coefficient (Wildman–Crippen LogP) is 1.28. The van der Waals surface area contributed by atoms with E-state index in [4.69, 9.17) is 0 Å². The summed E-state index contributed by atoms with van der Waals surface area (Å²) in [5.41, 5.74) is -0.422. The molecule has 0 unspecified atom stereocenters. The number of amides is 1. The van der Waals surface area contributed by atoms with Crippen molar-refractivity contribution in [1.82, 2.24) is 4.72 Å². The fourth-order valence-corrected chi connectivity index (χ4v) is 2.70. The first-order valence-electron chi connectivity index (χ1n) is 6.22. The second kappa shape index (κ2) is 6.36. The molecule has 0 aliphatic rings. The average Bonchev–Trinajstić information content (AvgIpc) is 2.54. The average molecular weight is 334 g/mol. The number of hydrogen-bond acceptors (Lipinski definition) is 6. The molecule has 0 aliphatic carbocycles. The standard InChI is InChI=1S/C14H10N2O6S/c17-13(10-5-2-1-3-6-10)14(18)15-23(21,22)12-8-4-7-11(9-12)16(19)20/h1-9H,(H,15,18). The van der Waals surface area contributed by atoms with Gasteiger partial charge in [-0.05, 0) is 6.07 Å². The summed E-state index contributed by atoms with van der Waals surface area (Å²) in [6.45, 7) is 0. The highest BCUT2D eigenvalue weighted by Crippen LogP contribution is 2.17. The highest BCUT2D eigenvalue weighted by Gasteiger charge is 2.24. The minimum absolute atomic E-state index is 0.0271. The number of nitro groups is 1. The Morgan fingerprint density at radius 2 is 1.65 bits per heavy atom. The van der Waals surface area contributed by atoms with Gasteiger partial charge in [0.1, 0.15) is 0 Å². The van der Waals surface area contributed by atoms with Gasteiger partial charge in [-0.15, -0.1) is 0 Å². The van der Waals surface area contributed by atoms with Gasteiger partial charge in [-0.1, -0.05) is 36.4 Å². The van der Waals surface area contributed by atoms with E-state index in [0.717, 1.165) is 24.3 Å². The second-order valence-corrected chi connectivity index (χ2v) is 6.07. The number of non-ortho nitro benzene ring substituents is 1. The largest absolute Gasteiger partial charge is 0.306 e. The zero-order chi connectivity index (χ0) is 17.0. The number of benzene rings is 2. The Bertz CT molecular complexity index is 877. The zero-order valence-electron chi connectivity index (χ0n) is 11.5. The van der Waals surface area contributed by atoms with E-state index >= 15 is 0 Å². The number of nitro benzene ring substituents is 1. The number of carbonyl (C=O) groups is 2. The summed E-state index contributed by atoms with van der Waals surface area (Å²) in [5.74, 6) is -2.37. The van der Waals surface area contributed by atoms with Gasteiger partial charge in [0, 0.05) is 17.7 Å². The lowest BCUT2D eigenvalue weighted by Gasteiger charge is -2.06. The van der Waals surface area contributed by atoms with Gasteiger partial charge in [0.15, 0.2) is 0 Å². The third kappa shape index (κ3) is 3.77. The van der Waals surface area contributed by atoms with E-state index < -0.39 is 37.2 Å². The molecule has 0 bridgehead atoms. The van der Waals surface area contributed by atoms with Crippen LogP contribution in [-0.2, 0) is 14.8 Å². The van der Waals surface area contributed by atoms with Gasteiger partial charge in [-0.2, -0.15) is 0 Å². The van der Waals surface area contributed by atoms with Crippen LogP contribution in [0.1, 0.15) is 10.4 Å². The van der Waals surface area contributed by atoms with Gasteiger partial charge in [0.25, 0.3) is 21.5 Å². The molecule has 23 heavy (non-hydrogen) atoms. The van der Waals surface area contributed by atoms with Crippen molar-refractivity contribution in [2.45, 2.75) is 4.90 Å². The van der Waals surface area contributed by atoms with Crippen molar-refractivity contribution in [3.05, 3.63) is 70.3 Å². The summed E-state index contributed by atoms with van der Waals surface area (Å²) in [6.07, 6.45) is 0. The lowest BCUT2D eigenvalue weighted by Crippen LogP contribution is -2.36. The van der Waals surface area contributed by atoms with E-state index in [-0.39, 0.29) is 5.56 Å². The lowest BCUT2D eigenvalue weighted by molar-refractivity contribution is -0.385. The molecule has 0 aromatic heterocycles. The summed E-state index contributed by atoms with van der Waals surface area (Å²) >= 11 is 0. The van der Waals surface area contributed by atoms with E-state index in [0.29, 0.717) is 0 Å². The number of rotatable bonds is 5. The molecule has 0 aliphatic heterocycles. The van der Waals surface area contributed by atoms with E-state index in [2.05, 4.69) is 0 Å². The summed E-state index contributed by atoms with van der Waals surface area (Å²) in [7, 11) is -4.39. The topological polar surface area (TPSA) is 123 Å². The molecule has 1 N–H and O–H groups in total. The molecule has 0 saturated carbocycles. The number of ketones is 1. The van der Waals surface area contributed by atoms with Crippen molar-refractivity contribution < 1.29 is 22.9 Å². The van der Waals surface area contributed by atoms with Crippen LogP contribution >= 0.6 is 0 Å². The minimum Gasteiger partial charge on any atom is -0.283 e. The van der Waals surface area contributed by atoms with Crippen molar-refractivity contribution in [3.63, 3.8) is 0 Å². The molecule has 2 aromatic rings. The Labute approximate surface area is 131 Å². The summed E-state index contributed by atoms with van der Waals surface area (Å²) in [4.78, 5) is 33.0. The van der Waals surface area contributed by atoms with Crippen molar-refractivity contribution in [2.24, 2.45) is 0 Å². The van der Waals surface area contributed by atoms with Gasteiger partial charge < -0.3 is 0 Å². The van der Waals surface area contributed by atoms with Crippen molar-refractivity contribution in [2.75, 3.05) is 0 Å². The maximum atomic E-state index is 12.0. The molecule has 8 nitrogen and oxygen atoms in total. The molecule has 9 heteroatoms. The molecule has 0 radical (unpaired) electrons. The van der Waals surface area contributed by atoms with Crippen LogP contribution < -0.4 is 4.72 Å². The molecule has 2 rings (SSSR count). The number of sulfonamides is 1. The summed E-state index contributed by atoms with van der Waals surface area (Å²) in [6, 6.07) is 11.5. The SMILES string of the molecule is O=C(NS(=O)(=O)c1cccc([N+](=O)[O-])c1)C(=O)c1ccccc1. The fourth-order valence-electron chi connectivity index (χ4n) is 1.71. The normalized spacial score (nSPS) is 10.8. The van der Waals surface area contributed by atoms with Gasteiger partial charge in [0.2, 0.25) is 0 Å². The van der Waals surface area contributed by atoms with Crippen LogP contribution in [0.4, 0.5) is 5.69 Å². The Balaban J connectivity index is 2.24. The fraction of sp³-hybridized carbons (Fsp3) is 0. The highest BCUT2D eigenvalue weighted by molar-refractivity contribution is 7.90. The Kier molecular flexibility index (Phi) is 4.51. The van der Waals surface area contributed by atoms with Crippen LogP contribution in [0.3, 0.4) is 0 Å². The third-order valence-electron chi connectivity index (χ3n) is 2.81. The Hall–Kier alpha value is -3.07. The van der Waals surface area contributed by atoms with Crippen LogP contribution in [0.5, 0.6) is 0 Å². The number of carbonyl (C=O) groups excluding carboxylic acids is 2. The van der Waals surface area contributed by atoms with Gasteiger partial charge in [-0.25, -0.2) is 13.1 Å². The van der Waals surface area contributed by atoms with E-state index in [1.165, 1.54) is 24.3 Å². The smallest absolute Gasteiger partial charge is 0.283 e. The number of hydrogen-bond donors (Lipinski definition) is 1. The van der Waals surface area contributed by atoms with Gasteiger partial charge in [0.05, 0.1) is 9.82 Å². The maximum absolute atomic E-state index is 12.0. The molecule has 0 spiro atoms. The van der Waals surface area contributed by atoms with Crippen molar-refractivity contribution in [1.29, 1.82) is 0 Å². The predicted molar refractivity (Wildman–Crippen MR) is 79.2 cm³/mol. The quantitative estimate of drug-likeness (QED) is 0.380. The van der Waals surface area contributed by atoms with E-state index in [9.17, 15) is 28.1 Å². The molecular weight excluding hydrogens is 324 g/mol. The molecule has 1 amide bonds. The van der Waals surface area contributed by atoms with Gasteiger partial charge >= 0.3 is 5.91 Å². The molecule has 0 atom stereocenters. The molecule has 0 fully saturated rings. The number of nitrogens with zero attached hydrogens (tertiary/aromatic N) is 1. The first-order valence-corrected chi connectivity index (χ1v) is 7.70. The molecule has 2 aromatic carbocycles.